The number of para-hydroxylation sites is 1. The Morgan fingerprint density at radius 3 is 2.70 bits per heavy atom. The van der Waals surface area contributed by atoms with E-state index in [0.29, 0.717) is 22.6 Å². The van der Waals surface area contributed by atoms with Gasteiger partial charge in [-0.3, -0.25) is 29.8 Å². The van der Waals surface area contributed by atoms with Gasteiger partial charge in [0.15, 0.2) is 5.16 Å². The lowest BCUT2D eigenvalue weighted by Gasteiger charge is -2.12. The molecule has 1 aromatic carbocycles. The molecule has 0 saturated heterocycles. The Labute approximate surface area is 137 Å². The van der Waals surface area contributed by atoms with Gasteiger partial charge in [0.25, 0.3) is 5.56 Å². The van der Waals surface area contributed by atoms with Crippen molar-refractivity contribution in [3.8, 4) is 0 Å². The maximum atomic E-state index is 12.6. The number of nitrogens with one attached hydrogen (secondary N) is 2. The van der Waals surface area contributed by atoms with Gasteiger partial charge in [-0.1, -0.05) is 30.8 Å². The van der Waals surface area contributed by atoms with Gasteiger partial charge in [-0.15, -0.1) is 0 Å². The molecule has 2 amide bonds. The molecular formula is C15H18N4O3S. The Morgan fingerprint density at radius 2 is 2.00 bits per heavy atom. The van der Waals surface area contributed by atoms with Gasteiger partial charge >= 0.3 is 0 Å². The first-order valence-corrected chi connectivity index (χ1v) is 8.19. The van der Waals surface area contributed by atoms with Crippen molar-refractivity contribution in [2.45, 2.75) is 32.0 Å². The van der Waals surface area contributed by atoms with Gasteiger partial charge in [0.05, 0.1) is 16.7 Å². The molecule has 0 aliphatic rings. The molecule has 0 radical (unpaired) electrons. The molecule has 0 saturated carbocycles. The Hall–Kier alpha value is -2.35. The maximum Gasteiger partial charge on any atom is 0.262 e. The molecule has 1 heterocycles. The zero-order chi connectivity index (χ0) is 16.8. The van der Waals surface area contributed by atoms with E-state index in [-0.39, 0.29) is 23.1 Å². The topological polar surface area (TPSA) is 93.1 Å². The van der Waals surface area contributed by atoms with Crippen LogP contribution in [-0.4, -0.2) is 27.1 Å². The van der Waals surface area contributed by atoms with E-state index in [1.165, 1.54) is 6.92 Å². The molecule has 0 atom stereocenters. The number of carbonyl (C=O) groups is 2. The van der Waals surface area contributed by atoms with Crippen molar-refractivity contribution in [2.75, 3.05) is 5.75 Å². The van der Waals surface area contributed by atoms with Crippen LogP contribution in [0.15, 0.2) is 34.2 Å². The molecule has 122 valence electrons. The lowest BCUT2D eigenvalue weighted by atomic mass is 10.2. The van der Waals surface area contributed by atoms with Gasteiger partial charge in [-0.2, -0.15) is 0 Å². The predicted molar refractivity (Wildman–Crippen MR) is 89.0 cm³/mol. The van der Waals surface area contributed by atoms with E-state index in [2.05, 4.69) is 15.8 Å². The molecule has 0 aliphatic heterocycles. The lowest BCUT2D eigenvalue weighted by molar-refractivity contribution is -0.126. The molecule has 0 aliphatic carbocycles. The zero-order valence-electron chi connectivity index (χ0n) is 13.0. The highest BCUT2D eigenvalue weighted by Crippen LogP contribution is 2.17. The molecule has 0 bridgehead atoms. The summed E-state index contributed by atoms with van der Waals surface area (Å²) in [6.45, 7) is 3.81. The number of nitrogens with zero attached hydrogens (tertiary/aromatic N) is 2. The minimum absolute atomic E-state index is 0.0504. The number of amides is 2. The minimum Gasteiger partial charge on any atom is -0.287 e. The molecule has 2 N–H and O–H groups in total. The third kappa shape index (κ3) is 4.32. The summed E-state index contributed by atoms with van der Waals surface area (Å²) in [5.41, 5.74) is 5.00. The van der Waals surface area contributed by atoms with Crippen molar-refractivity contribution in [3.05, 3.63) is 34.6 Å². The summed E-state index contributed by atoms with van der Waals surface area (Å²) >= 11 is 1.16. The van der Waals surface area contributed by atoms with Gasteiger partial charge < -0.3 is 0 Å². The molecule has 0 fully saturated rings. The number of rotatable bonds is 5. The molecule has 2 aromatic rings. The first-order valence-electron chi connectivity index (χ1n) is 7.20. The van der Waals surface area contributed by atoms with Crippen molar-refractivity contribution in [1.82, 2.24) is 20.4 Å². The number of carbonyl (C=O) groups excluding carboxylic acids is 2. The van der Waals surface area contributed by atoms with Gasteiger partial charge in [0.2, 0.25) is 11.8 Å². The largest absolute Gasteiger partial charge is 0.287 e. The Bertz CT molecular complexity index is 788. The number of hydrazine groups is 1. The van der Waals surface area contributed by atoms with E-state index < -0.39 is 0 Å². The third-order valence-electron chi connectivity index (χ3n) is 2.98. The zero-order valence-corrected chi connectivity index (χ0v) is 13.8. The molecule has 0 unspecified atom stereocenters. The lowest BCUT2D eigenvalue weighted by Crippen LogP contribution is -2.41. The highest BCUT2D eigenvalue weighted by molar-refractivity contribution is 7.99. The molecule has 2 rings (SSSR count). The summed E-state index contributed by atoms with van der Waals surface area (Å²) in [6.07, 6.45) is 0.783. The minimum atomic E-state index is -0.365. The van der Waals surface area contributed by atoms with E-state index in [9.17, 15) is 14.4 Å². The normalized spacial score (nSPS) is 10.5. The average molecular weight is 334 g/mol. The summed E-state index contributed by atoms with van der Waals surface area (Å²) in [4.78, 5) is 39.5. The first-order chi connectivity index (χ1) is 11.0. The predicted octanol–water partition coefficient (Wildman–Crippen LogP) is 1.07. The highest BCUT2D eigenvalue weighted by Gasteiger charge is 2.12. The first kappa shape index (κ1) is 17.0. The van der Waals surface area contributed by atoms with Crippen LogP contribution >= 0.6 is 11.8 Å². The number of benzene rings is 1. The highest BCUT2D eigenvalue weighted by atomic mass is 32.2. The number of thioether (sulfide) groups is 1. The van der Waals surface area contributed by atoms with Gasteiger partial charge in [0, 0.05) is 13.5 Å². The Morgan fingerprint density at radius 1 is 1.26 bits per heavy atom. The summed E-state index contributed by atoms with van der Waals surface area (Å²) in [5, 5.41) is 1.06. The standard InChI is InChI=1S/C15H18N4O3S/c1-3-8-19-14(22)11-6-4-5-7-12(11)16-15(19)23-9-13(21)18-17-10(2)20/h4-7H,3,8-9H2,1-2H3,(H,17,20)(H,18,21). The number of fused-ring (bicyclic) bond motifs is 1. The maximum absolute atomic E-state index is 12.6. The number of hydrogen-bond acceptors (Lipinski definition) is 5. The molecular weight excluding hydrogens is 316 g/mol. The van der Waals surface area contributed by atoms with E-state index in [0.717, 1.165) is 18.2 Å². The van der Waals surface area contributed by atoms with Crippen LogP contribution < -0.4 is 16.4 Å². The van der Waals surface area contributed by atoms with Crippen molar-refractivity contribution >= 4 is 34.5 Å². The van der Waals surface area contributed by atoms with Gasteiger partial charge in [-0.05, 0) is 18.6 Å². The van der Waals surface area contributed by atoms with E-state index >= 15 is 0 Å². The van der Waals surface area contributed by atoms with E-state index in [4.69, 9.17) is 0 Å². The quantitative estimate of drug-likeness (QED) is 0.485. The smallest absolute Gasteiger partial charge is 0.262 e. The number of hydrogen-bond donors (Lipinski definition) is 2. The van der Waals surface area contributed by atoms with Crippen molar-refractivity contribution < 1.29 is 9.59 Å². The van der Waals surface area contributed by atoms with Crippen LogP contribution in [0.5, 0.6) is 0 Å². The van der Waals surface area contributed by atoms with Gasteiger partial charge in [-0.25, -0.2) is 4.98 Å². The van der Waals surface area contributed by atoms with Crippen LogP contribution in [0.2, 0.25) is 0 Å². The molecule has 1 aromatic heterocycles. The van der Waals surface area contributed by atoms with Crippen LogP contribution in [0.25, 0.3) is 10.9 Å². The summed E-state index contributed by atoms with van der Waals surface area (Å²) in [5.74, 6) is -0.667. The average Bonchev–Trinajstić information content (AvgIpc) is 2.54. The summed E-state index contributed by atoms with van der Waals surface area (Å²) in [6, 6.07) is 7.13. The second-order valence-electron chi connectivity index (χ2n) is 4.89. The van der Waals surface area contributed by atoms with Gasteiger partial charge in [0.1, 0.15) is 0 Å². The van der Waals surface area contributed by atoms with Crippen molar-refractivity contribution in [3.63, 3.8) is 0 Å². The Balaban J connectivity index is 2.24. The summed E-state index contributed by atoms with van der Waals surface area (Å²) in [7, 11) is 0. The Kier molecular flexibility index (Phi) is 5.75. The molecule has 0 spiro atoms. The van der Waals surface area contributed by atoms with Crippen molar-refractivity contribution in [2.24, 2.45) is 0 Å². The SMILES string of the molecule is CCCn1c(SCC(=O)NNC(C)=O)nc2ccccc2c1=O. The summed E-state index contributed by atoms with van der Waals surface area (Å²) < 4.78 is 1.58. The molecule has 8 heteroatoms. The third-order valence-corrected chi connectivity index (χ3v) is 3.96. The van der Waals surface area contributed by atoms with Crippen LogP contribution in [0, 0.1) is 0 Å². The van der Waals surface area contributed by atoms with E-state index in [1.54, 1.807) is 22.8 Å². The fourth-order valence-electron chi connectivity index (χ4n) is 2.00. The van der Waals surface area contributed by atoms with E-state index in [1.807, 2.05) is 13.0 Å². The number of aromatic nitrogens is 2. The monoisotopic (exact) mass is 334 g/mol. The van der Waals surface area contributed by atoms with Crippen LogP contribution in [-0.2, 0) is 16.1 Å². The van der Waals surface area contributed by atoms with Crippen molar-refractivity contribution in [1.29, 1.82) is 0 Å². The second-order valence-corrected chi connectivity index (χ2v) is 5.83. The fourth-order valence-corrected chi connectivity index (χ4v) is 2.83. The molecule has 7 nitrogen and oxygen atoms in total. The fraction of sp³-hybridized carbons (Fsp3) is 0.333. The van der Waals surface area contributed by atoms with Crippen LogP contribution in [0.3, 0.4) is 0 Å². The molecule has 23 heavy (non-hydrogen) atoms. The van der Waals surface area contributed by atoms with Crippen LogP contribution in [0.4, 0.5) is 0 Å². The van der Waals surface area contributed by atoms with Crippen LogP contribution in [0.1, 0.15) is 20.3 Å². The second kappa shape index (κ2) is 7.77.